The van der Waals surface area contributed by atoms with E-state index in [9.17, 15) is 0 Å². The molecule has 0 aliphatic carbocycles. The summed E-state index contributed by atoms with van der Waals surface area (Å²) < 4.78 is 7.00. The molecule has 0 saturated heterocycles. The highest BCUT2D eigenvalue weighted by molar-refractivity contribution is 5.50. The lowest BCUT2D eigenvalue weighted by molar-refractivity contribution is 0.430. The molecule has 0 saturated carbocycles. The lowest BCUT2D eigenvalue weighted by Gasteiger charge is -1.94. The van der Waals surface area contributed by atoms with Gasteiger partial charge in [-0.2, -0.15) is 4.98 Å². The number of H-pyrrole nitrogens is 1. The van der Waals surface area contributed by atoms with E-state index in [2.05, 4.69) is 25.1 Å². The maximum Gasteiger partial charge on any atom is 0.278 e. The van der Waals surface area contributed by atoms with Gasteiger partial charge in [0.1, 0.15) is 5.69 Å². The Morgan fingerprint density at radius 2 is 2.33 bits per heavy atom. The van der Waals surface area contributed by atoms with Gasteiger partial charge in [-0.15, -0.1) is 0 Å². The summed E-state index contributed by atoms with van der Waals surface area (Å²) in [6.07, 6.45) is 6.81. The summed E-state index contributed by atoms with van der Waals surface area (Å²) >= 11 is 0. The SMILES string of the molecule is NCCn1cnc(-c2nc(-c3ncc[nH]3)no2)c1. The van der Waals surface area contributed by atoms with Crippen LogP contribution in [0, 0.1) is 0 Å². The number of aromatic amines is 1. The van der Waals surface area contributed by atoms with Crippen LogP contribution < -0.4 is 5.73 Å². The third-order valence-electron chi connectivity index (χ3n) is 2.38. The van der Waals surface area contributed by atoms with Gasteiger partial charge in [0.15, 0.2) is 5.82 Å². The van der Waals surface area contributed by atoms with Gasteiger partial charge >= 0.3 is 0 Å². The van der Waals surface area contributed by atoms with E-state index in [0.29, 0.717) is 36.3 Å². The van der Waals surface area contributed by atoms with Gasteiger partial charge in [0, 0.05) is 31.7 Å². The number of imidazole rings is 2. The molecule has 3 aromatic heterocycles. The standard InChI is InChI=1S/C10H11N7O/c11-1-4-17-5-7(14-6-17)10-15-9(16-18-10)8-12-2-3-13-8/h2-3,5-6H,1,4,11H2,(H,12,13). The molecule has 0 amide bonds. The normalized spacial score (nSPS) is 10.9. The molecule has 0 radical (unpaired) electrons. The van der Waals surface area contributed by atoms with Crippen LogP contribution in [0.25, 0.3) is 23.2 Å². The van der Waals surface area contributed by atoms with Crippen LogP contribution in [0.15, 0.2) is 29.4 Å². The Bertz CT molecular complexity index is 624. The van der Waals surface area contributed by atoms with Crippen LogP contribution in [0.1, 0.15) is 0 Å². The Balaban J connectivity index is 1.88. The number of nitrogens with zero attached hydrogens (tertiary/aromatic N) is 5. The van der Waals surface area contributed by atoms with Crippen LogP contribution in [0.2, 0.25) is 0 Å². The predicted octanol–water partition coefficient (Wildman–Crippen LogP) is 0.282. The molecule has 8 nitrogen and oxygen atoms in total. The molecule has 18 heavy (non-hydrogen) atoms. The van der Waals surface area contributed by atoms with Crippen LogP contribution in [0.4, 0.5) is 0 Å². The molecular weight excluding hydrogens is 234 g/mol. The Morgan fingerprint density at radius 1 is 1.39 bits per heavy atom. The summed E-state index contributed by atoms with van der Waals surface area (Å²) in [5, 5.41) is 3.84. The van der Waals surface area contributed by atoms with E-state index in [1.165, 1.54) is 0 Å². The monoisotopic (exact) mass is 245 g/mol. The number of rotatable bonds is 4. The molecule has 8 heteroatoms. The summed E-state index contributed by atoms with van der Waals surface area (Å²) in [5.41, 5.74) is 6.08. The minimum atomic E-state index is 0.358. The number of nitrogens with one attached hydrogen (secondary N) is 1. The average Bonchev–Trinajstić information content (AvgIpc) is 3.10. The number of hydrogen-bond donors (Lipinski definition) is 2. The molecule has 0 spiro atoms. The first-order valence-corrected chi connectivity index (χ1v) is 5.42. The van der Waals surface area contributed by atoms with Crippen LogP contribution in [-0.4, -0.2) is 36.2 Å². The van der Waals surface area contributed by atoms with Gasteiger partial charge in [-0.25, -0.2) is 9.97 Å². The summed E-state index contributed by atoms with van der Waals surface area (Å²) in [5.74, 6) is 1.33. The smallest absolute Gasteiger partial charge is 0.278 e. The van der Waals surface area contributed by atoms with Gasteiger partial charge < -0.3 is 19.8 Å². The second-order valence-corrected chi connectivity index (χ2v) is 3.65. The molecule has 92 valence electrons. The molecule has 3 N–H and O–H groups in total. The first-order valence-electron chi connectivity index (χ1n) is 5.42. The Hall–Kier alpha value is -2.48. The molecule has 3 heterocycles. The molecule has 0 aliphatic rings. The predicted molar refractivity (Wildman–Crippen MR) is 62.2 cm³/mol. The maximum absolute atomic E-state index is 5.46. The summed E-state index contributed by atoms with van der Waals surface area (Å²) in [6.45, 7) is 1.25. The fourth-order valence-electron chi connectivity index (χ4n) is 1.55. The molecule has 3 rings (SSSR count). The van der Waals surface area contributed by atoms with E-state index in [4.69, 9.17) is 10.3 Å². The molecule has 0 bridgehead atoms. The average molecular weight is 245 g/mol. The van der Waals surface area contributed by atoms with Crippen molar-refractivity contribution in [1.82, 2.24) is 29.7 Å². The van der Waals surface area contributed by atoms with Crippen LogP contribution in [-0.2, 0) is 6.54 Å². The zero-order chi connectivity index (χ0) is 12.4. The van der Waals surface area contributed by atoms with E-state index in [0.717, 1.165) is 0 Å². The van der Waals surface area contributed by atoms with E-state index in [1.807, 2.05) is 10.8 Å². The lowest BCUT2D eigenvalue weighted by atomic mass is 10.4. The number of aromatic nitrogens is 6. The Kier molecular flexibility index (Phi) is 2.61. The quantitative estimate of drug-likeness (QED) is 0.683. The highest BCUT2D eigenvalue weighted by Crippen LogP contribution is 2.18. The minimum Gasteiger partial charge on any atom is -0.342 e. The third-order valence-corrected chi connectivity index (χ3v) is 2.38. The van der Waals surface area contributed by atoms with Gasteiger partial charge in [-0.3, -0.25) is 0 Å². The van der Waals surface area contributed by atoms with Crippen LogP contribution >= 0.6 is 0 Å². The third kappa shape index (κ3) is 1.89. The van der Waals surface area contributed by atoms with Gasteiger partial charge in [0.2, 0.25) is 5.82 Å². The second-order valence-electron chi connectivity index (χ2n) is 3.65. The van der Waals surface area contributed by atoms with E-state index >= 15 is 0 Å². The zero-order valence-corrected chi connectivity index (χ0v) is 9.45. The minimum absolute atomic E-state index is 0.358. The Morgan fingerprint density at radius 3 is 3.11 bits per heavy atom. The van der Waals surface area contributed by atoms with E-state index in [-0.39, 0.29) is 0 Å². The summed E-state index contributed by atoms with van der Waals surface area (Å²) in [7, 11) is 0. The highest BCUT2D eigenvalue weighted by atomic mass is 16.5. The van der Waals surface area contributed by atoms with Crippen LogP contribution in [0.3, 0.4) is 0 Å². The molecule has 0 atom stereocenters. The number of nitrogens with two attached hydrogens (primary N) is 1. The first-order chi connectivity index (χ1) is 8.86. The van der Waals surface area contributed by atoms with Crippen molar-refractivity contribution in [2.24, 2.45) is 5.73 Å². The van der Waals surface area contributed by atoms with Crippen molar-refractivity contribution in [2.75, 3.05) is 6.54 Å². The Labute approximate surface area is 102 Å². The summed E-state index contributed by atoms with van der Waals surface area (Å²) in [4.78, 5) is 15.3. The van der Waals surface area contributed by atoms with Crippen molar-refractivity contribution < 1.29 is 4.52 Å². The molecule has 3 aromatic rings. The van der Waals surface area contributed by atoms with Gasteiger partial charge in [0.05, 0.1) is 6.33 Å². The van der Waals surface area contributed by atoms with Crippen molar-refractivity contribution in [3.8, 4) is 23.2 Å². The lowest BCUT2D eigenvalue weighted by Crippen LogP contribution is -2.07. The van der Waals surface area contributed by atoms with Gasteiger partial charge in [-0.1, -0.05) is 5.16 Å². The fraction of sp³-hybridized carbons (Fsp3) is 0.200. The molecule has 0 unspecified atom stereocenters. The summed E-state index contributed by atoms with van der Waals surface area (Å²) in [6, 6.07) is 0. The largest absolute Gasteiger partial charge is 0.342 e. The highest BCUT2D eigenvalue weighted by Gasteiger charge is 2.13. The van der Waals surface area contributed by atoms with Crippen molar-refractivity contribution >= 4 is 0 Å². The second kappa shape index (κ2) is 4.41. The van der Waals surface area contributed by atoms with Gasteiger partial charge in [-0.05, 0) is 0 Å². The fourth-order valence-corrected chi connectivity index (χ4v) is 1.55. The van der Waals surface area contributed by atoms with Crippen molar-refractivity contribution in [2.45, 2.75) is 6.54 Å². The van der Waals surface area contributed by atoms with E-state index in [1.54, 1.807) is 18.7 Å². The number of hydrogen-bond acceptors (Lipinski definition) is 6. The maximum atomic E-state index is 5.46. The van der Waals surface area contributed by atoms with Crippen molar-refractivity contribution in [3.63, 3.8) is 0 Å². The van der Waals surface area contributed by atoms with Crippen LogP contribution in [0.5, 0.6) is 0 Å². The molecule has 0 aromatic carbocycles. The zero-order valence-electron chi connectivity index (χ0n) is 9.45. The first kappa shape index (κ1) is 10.7. The molecular formula is C10H11N7O. The molecule has 0 fully saturated rings. The molecule has 0 aliphatic heterocycles. The topological polar surface area (TPSA) is 111 Å². The van der Waals surface area contributed by atoms with Crippen molar-refractivity contribution in [1.29, 1.82) is 0 Å². The van der Waals surface area contributed by atoms with E-state index < -0.39 is 0 Å². The van der Waals surface area contributed by atoms with Crippen molar-refractivity contribution in [3.05, 3.63) is 24.9 Å². The van der Waals surface area contributed by atoms with Gasteiger partial charge in [0.25, 0.3) is 5.89 Å².